The summed E-state index contributed by atoms with van der Waals surface area (Å²) in [4.78, 5) is 0.326. The molecule has 0 aromatic heterocycles. The molecule has 0 unspecified atom stereocenters. The lowest BCUT2D eigenvalue weighted by atomic mass is 10.3. The Morgan fingerprint density at radius 2 is 1.95 bits per heavy atom. The molecule has 2 aromatic carbocycles. The number of benzene rings is 2. The average Bonchev–Trinajstić information content (AvgIpc) is 2.43. The van der Waals surface area contributed by atoms with Gasteiger partial charge in [-0.25, -0.2) is 12.8 Å². The summed E-state index contributed by atoms with van der Waals surface area (Å²) in [6.07, 6.45) is 0. The first-order valence-electron chi connectivity index (χ1n) is 6.23. The summed E-state index contributed by atoms with van der Waals surface area (Å²) < 4.78 is 40.8. The van der Waals surface area contributed by atoms with Crippen LogP contribution < -0.4 is 10.5 Å². The molecule has 0 saturated heterocycles. The van der Waals surface area contributed by atoms with Crippen LogP contribution in [0.2, 0.25) is 0 Å². The molecule has 2 rings (SSSR count). The van der Waals surface area contributed by atoms with E-state index in [1.165, 1.54) is 17.8 Å². The molecule has 0 radical (unpaired) electrons. The number of nitrogen functional groups attached to an aromatic ring is 1. The number of halogens is 1. The smallest absolute Gasteiger partial charge is 0.264 e. The highest BCUT2D eigenvalue weighted by atomic mass is 32.2. The normalized spacial score (nSPS) is 11.3. The molecule has 0 atom stereocenters. The molecule has 0 heterocycles. The Bertz CT molecular complexity index is 748. The standard InChI is InChI=1S/C14H15FN2O2S2/c1-2-20-13-6-4-3-5-12(13)17-21(18,19)14-9-10(16)7-8-11(14)15/h3-9,17H,2,16H2,1H3. The summed E-state index contributed by atoms with van der Waals surface area (Å²) in [5.74, 6) is -0.0388. The lowest BCUT2D eigenvalue weighted by molar-refractivity contribution is 0.570. The molecule has 0 amide bonds. The Hall–Kier alpha value is -1.73. The van der Waals surface area contributed by atoms with Gasteiger partial charge in [0, 0.05) is 10.6 Å². The number of sulfonamides is 1. The largest absolute Gasteiger partial charge is 0.399 e. The predicted octanol–water partition coefficient (Wildman–Crippen LogP) is 3.32. The van der Waals surface area contributed by atoms with Crippen molar-refractivity contribution in [2.45, 2.75) is 16.7 Å². The van der Waals surface area contributed by atoms with Gasteiger partial charge < -0.3 is 5.73 Å². The Morgan fingerprint density at radius 1 is 1.24 bits per heavy atom. The maximum absolute atomic E-state index is 13.7. The second-order valence-corrected chi connectivity index (χ2v) is 7.18. The number of nitrogens with two attached hydrogens (primary N) is 1. The number of rotatable bonds is 5. The van der Waals surface area contributed by atoms with E-state index >= 15 is 0 Å². The van der Waals surface area contributed by atoms with Gasteiger partial charge in [-0.1, -0.05) is 19.1 Å². The van der Waals surface area contributed by atoms with Gasteiger partial charge in [0.1, 0.15) is 10.7 Å². The first kappa shape index (κ1) is 15.7. The molecule has 112 valence electrons. The molecular formula is C14H15FN2O2S2. The molecule has 2 aromatic rings. The van der Waals surface area contributed by atoms with Crippen LogP contribution in [-0.2, 0) is 10.0 Å². The monoisotopic (exact) mass is 326 g/mol. The van der Waals surface area contributed by atoms with Crippen LogP contribution in [-0.4, -0.2) is 14.2 Å². The fourth-order valence-corrected chi connectivity index (χ4v) is 3.78. The topological polar surface area (TPSA) is 72.2 Å². The van der Waals surface area contributed by atoms with Gasteiger partial charge >= 0.3 is 0 Å². The molecule has 7 heteroatoms. The number of para-hydroxylation sites is 1. The summed E-state index contributed by atoms with van der Waals surface area (Å²) in [5, 5.41) is 0. The third kappa shape index (κ3) is 3.68. The lowest BCUT2D eigenvalue weighted by Crippen LogP contribution is -2.15. The molecule has 0 bridgehead atoms. The van der Waals surface area contributed by atoms with E-state index in [2.05, 4.69) is 4.72 Å². The zero-order valence-corrected chi connectivity index (χ0v) is 13.0. The second-order valence-electron chi connectivity index (χ2n) is 4.22. The second kappa shape index (κ2) is 6.36. The van der Waals surface area contributed by atoms with Gasteiger partial charge in [0.15, 0.2) is 0 Å². The minimum absolute atomic E-state index is 0.188. The van der Waals surface area contributed by atoms with Crippen LogP contribution in [0.25, 0.3) is 0 Å². The number of hydrogen-bond donors (Lipinski definition) is 2. The highest BCUT2D eigenvalue weighted by molar-refractivity contribution is 7.99. The van der Waals surface area contributed by atoms with Crippen molar-refractivity contribution in [1.82, 2.24) is 0 Å². The van der Waals surface area contributed by atoms with Crippen molar-refractivity contribution in [2.24, 2.45) is 0 Å². The zero-order valence-electron chi connectivity index (χ0n) is 11.3. The minimum atomic E-state index is -4.03. The van der Waals surface area contributed by atoms with Crippen LogP contribution in [0.5, 0.6) is 0 Å². The Morgan fingerprint density at radius 3 is 2.67 bits per heavy atom. The first-order chi connectivity index (χ1) is 9.94. The molecule has 3 N–H and O–H groups in total. The van der Waals surface area contributed by atoms with Gasteiger partial charge in [0.2, 0.25) is 0 Å². The van der Waals surface area contributed by atoms with Crippen LogP contribution in [0.1, 0.15) is 6.92 Å². The van der Waals surface area contributed by atoms with Gasteiger partial charge in [-0.05, 0) is 36.1 Å². The maximum Gasteiger partial charge on any atom is 0.264 e. The van der Waals surface area contributed by atoms with E-state index in [9.17, 15) is 12.8 Å². The minimum Gasteiger partial charge on any atom is -0.399 e. The highest BCUT2D eigenvalue weighted by Crippen LogP contribution is 2.29. The van der Waals surface area contributed by atoms with E-state index in [0.717, 1.165) is 22.8 Å². The Balaban J connectivity index is 2.40. The first-order valence-corrected chi connectivity index (χ1v) is 8.70. The van der Waals surface area contributed by atoms with E-state index in [-0.39, 0.29) is 5.69 Å². The summed E-state index contributed by atoms with van der Waals surface area (Å²) in [7, 11) is -4.03. The molecule has 0 aliphatic heterocycles. The van der Waals surface area contributed by atoms with Gasteiger partial charge in [-0.3, -0.25) is 4.72 Å². The Labute approximate surface area is 127 Å². The third-order valence-electron chi connectivity index (χ3n) is 2.68. The van der Waals surface area contributed by atoms with Crippen LogP contribution in [0.15, 0.2) is 52.3 Å². The van der Waals surface area contributed by atoms with Crippen molar-refractivity contribution in [1.29, 1.82) is 0 Å². The van der Waals surface area contributed by atoms with E-state index in [1.54, 1.807) is 12.1 Å². The molecular weight excluding hydrogens is 311 g/mol. The summed E-state index contributed by atoms with van der Waals surface area (Å²) >= 11 is 1.50. The number of anilines is 2. The van der Waals surface area contributed by atoms with Crippen molar-refractivity contribution in [3.05, 3.63) is 48.3 Å². The third-order valence-corrected chi connectivity index (χ3v) is 5.01. The SMILES string of the molecule is CCSc1ccccc1NS(=O)(=O)c1cc(N)ccc1F. The summed E-state index contributed by atoms with van der Waals surface area (Å²) in [6, 6.07) is 10.4. The van der Waals surface area contributed by atoms with Gasteiger partial charge in [-0.2, -0.15) is 0 Å². The van der Waals surface area contributed by atoms with Gasteiger partial charge in [0.25, 0.3) is 10.0 Å². The van der Waals surface area contributed by atoms with Crippen LogP contribution >= 0.6 is 11.8 Å². The predicted molar refractivity (Wildman–Crippen MR) is 84.5 cm³/mol. The maximum atomic E-state index is 13.7. The van der Waals surface area contributed by atoms with Crippen molar-refractivity contribution in [3.8, 4) is 0 Å². The summed E-state index contributed by atoms with van der Waals surface area (Å²) in [5.41, 5.74) is 6.14. The summed E-state index contributed by atoms with van der Waals surface area (Å²) in [6.45, 7) is 1.97. The fraction of sp³-hybridized carbons (Fsp3) is 0.143. The van der Waals surface area contributed by atoms with E-state index in [1.807, 2.05) is 19.1 Å². The fourth-order valence-electron chi connectivity index (χ4n) is 1.76. The van der Waals surface area contributed by atoms with Crippen LogP contribution in [0.4, 0.5) is 15.8 Å². The van der Waals surface area contributed by atoms with Crippen molar-refractivity contribution in [3.63, 3.8) is 0 Å². The quantitative estimate of drug-likeness (QED) is 0.653. The highest BCUT2D eigenvalue weighted by Gasteiger charge is 2.20. The average molecular weight is 326 g/mol. The van der Waals surface area contributed by atoms with E-state index in [0.29, 0.717) is 5.69 Å². The van der Waals surface area contributed by atoms with Crippen molar-refractivity contribution < 1.29 is 12.8 Å². The molecule has 0 spiro atoms. The van der Waals surface area contributed by atoms with Gasteiger partial charge in [-0.15, -0.1) is 11.8 Å². The molecule has 0 aliphatic rings. The van der Waals surface area contributed by atoms with E-state index in [4.69, 9.17) is 5.73 Å². The number of hydrogen-bond acceptors (Lipinski definition) is 4. The lowest BCUT2D eigenvalue weighted by Gasteiger charge is -2.12. The van der Waals surface area contributed by atoms with Crippen LogP contribution in [0, 0.1) is 5.82 Å². The van der Waals surface area contributed by atoms with E-state index < -0.39 is 20.7 Å². The molecule has 0 fully saturated rings. The molecule has 4 nitrogen and oxygen atoms in total. The number of nitrogens with one attached hydrogen (secondary N) is 1. The molecule has 0 saturated carbocycles. The Kier molecular flexibility index (Phi) is 4.74. The molecule has 0 aliphatic carbocycles. The van der Waals surface area contributed by atoms with Crippen molar-refractivity contribution in [2.75, 3.05) is 16.2 Å². The zero-order chi connectivity index (χ0) is 15.5. The number of thioether (sulfide) groups is 1. The molecule has 21 heavy (non-hydrogen) atoms. The van der Waals surface area contributed by atoms with Crippen molar-refractivity contribution >= 4 is 33.2 Å². The van der Waals surface area contributed by atoms with Crippen LogP contribution in [0.3, 0.4) is 0 Å². The van der Waals surface area contributed by atoms with Gasteiger partial charge in [0.05, 0.1) is 5.69 Å².